The summed E-state index contributed by atoms with van der Waals surface area (Å²) in [5.74, 6) is 0. The van der Waals surface area contributed by atoms with E-state index in [0.717, 1.165) is 12.8 Å². The molecule has 1 aromatic rings. The first-order chi connectivity index (χ1) is 6.71. The van der Waals surface area contributed by atoms with Crippen LogP contribution >= 0.6 is 0 Å². The van der Waals surface area contributed by atoms with E-state index >= 15 is 0 Å². The molecule has 1 aliphatic carbocycles. The van der Waals surface area contributed by atoms with Gasteiger partial charge in [-0.3, -0.25) is 0 Å². The Bertz CT molecular complexity index is 287. The molecule has 1 aliphatic rings. The van der Waals surface area contributed by atoms with Crippen molar-refractivity contribution in [3.05, 3.63) is 35.9 Å². The topological polar surface area (TPSA) is 26.0 Å². The molecule has 2 rings (SSSR count). The highest BCUT2D eigenvalue weighted by molar-refractivity contribution is 5.15. The summed E-state index contributed by atoms with van der Waals surface area (Å²) >= 11 is 0. The van der Waals surface area contributed by atoms with Crippen LogP contribution in [0.15, 0.2) is 30.3 Å². The third-order valence-corrected chi connectivity index (χ3v) is 3.52. The average molecular weight is 189 g/mol. The van der Waals surface area contributed by atoms with E-state index in [2.05, 4.69) is 37.3 Å². The zero-order valence-corrected chi connectivity index (χ0v) is 8.87. The number of benzene rings is 1. The zero-order chi connectivity index (χ0) is 10.0. The quantitative estimate of drug-likeness (QED) is 0.774. The van der Waals surface area contributed by atoms with E-state index in [1.165, 1.54) is 18.4 Å². The van der Waals surface area contributed by atoms with Gasteiger partial charge in [-0.15, -0.1) is 0 Å². The van der Waals surface area contributed by atoms with Gasteiger partial charge in [-0.25, -0.2) is 0 Å². The van der Waals surface area contributed by atoms with Gasteiger partial charge in [0.25, 0.3) is 0 Å². The Labute approximate surface area is 86.3 Å². The van der Waals surface area contributed by atoms with E-state index in [0.29, 0.717) is 11.5 Å². The summed E-state index contributed by atoms with van der Waals surface area (Å²) in [6, 6.07) is 11.0. The van der Waals surface area contributed by atoms with Gasteiger partial charge in [0.15, 0.2) is 0 Å². The van der Waals surface area contributed by atoms with Gasteiger partial charge in [-0.2, -0.15) is 0 Å². The third-order valence-electron chi connectivity index (χ3n) is 3.52. The molecule has 0 amide bonds. The van der Waals surface area contributed by atoms with Gasteiger partial charge in [0.1, 0.15) is 0 Å². The minimum atomic E-state index is 0.391. The predicted octanol–water partition coefficient (Wildman–Crippen LogP) is 2.75. The number of rotatable bonds is 4. The summed E-state index contributed by atoms with van der Waals surface area (Å²) in [6.07, 6.45) is 4.89. The Morgan fingerprint density at radius 1 is 1.29 bits per heavy atom. The first-order valence-corrected chi connectivity index (χ1v) is 5.50. The number of nitrogens with two attached hydrogens (primary N) is 1. The molecular weight excluding hydrogens is 170 g/mol. The van der Waals surface area contributed by atoms with Crippen molar-refractivity contribution in [1.29, 1.82) is 0 Å². The van der Waals surface area contributed by atoms with Gasteiger partial charge in [0.05, 0.1) is 0 Å². The normalized spacial score (nSPS) is 20.4. The molecule has 0 aromatic heterocycles. The lowest BCUT2D eigenvalue weighted by molar-refractivity contribution is 0.412. The summed E-state index contributed by atoms with van der Waals surface area (Å²) in [6.45, 7) is 2.31. The largest absolute Gasteiger partial charge is 0.327 e. The van der Waals surface area contributed by atoms with Gasteiger partial charge in [0.2, 0.25) is 0 Å². The Morgan fingerprint density at radius 2 is 1.93 bits per heavy atom. The van der Waals surface area contributed by atoms with Crippen molar-refractivity contribution in [2.75, 3.05) is 0 Å². The van der Waals surface area contributed by atoms with E-state index < -0.39 is 0 Å². The summed E-state index contributed by atoms with van der Waals surface area (Å²) in [5.41, 5.74) is 8.04. The molecule has 0 bridgehead atoms. The fraction of sp³-hybridized carbons (Fsp3) is 0.538. The predicted molar refractivity (Wildman–Crippen MR) is 60.1 cm³/mol. The first kappa shape index (κ1) is 9.72. The smallest absolute Gasteiger partial charge is 0.00960 e. The third kappa shape index (κ3) is 2.16. The van der Waals surface area contributed by atoms with Crippen molar-refractivity contribution in [2.24, 2.45) is 11.1 Å². The lowest BCUT2D eigenvalue weighted by atomic mass is 9.94. The van der Waals surface area contributed by atoms with Crippen LogP contribution in [-0.4, -0.2) is 6.04 Å². The second-order valence-electron chi connectivity index (χ2n) is 4.78. The molecule has 1 unspecified atom stereocenters. The molecule has 0 aliphatic heterocycles. The van der Waals surface area contributed by atoms with Gasteiger partial charge in [-0.1, -0.05) is 37.3 Å². The molecule has 2 N–H and O–H groups in total. The second kappa shape index (κ2) is 3.74. The van der Waals surface area contributed by atoms with E-state index in [1.54, 1.807) is 0 Å². The Morgan fingerprint density at radius 3 is 2.50 bits per heavy atom. The second-order valence-corrected chi connectivity index (χ2v) is 4.78. The lowest BCUT2D eigenvalue weighted by Gasteiger charge is -2.18. The summed E-state index contributed by atoms with van der Waals surface area (Å²) in [4.78, 5) is 0. The molecule has 1 nitrogen and oxygen atoms in total. The Hall–Kier alpha value is -0.820. The van der Waals surface area contributed by atoms with Crippen LogP contribution in [0.3, 0.4) is 0 Å². The fourth-order valence-corrected chi connectivity index (χ4v) is 1.88. The maximum atomic E-state index is 6.16. The molecule has 0 saturated heterocycles. The Kier molecular flexibility index (Phi) is 2.60. The zero-order valence-electron chi connectivity index (χ0n) is 8.87. The molecule has 1 saturated carbocycles. The molecule has 1 atom stereocenters. The number of aryl methyl sites for hydroxylation is 1. The minimum absolute atomic E-state index is 0.391. The van der Waals surface area contributed by atoms with Crippen molar-refractivity contribution < 1.29 is 0 Å². The van der Waals surface area contributed by atoms with Crippen molar-refractivity contribution in [1.82, 2.24) is 0 Å². The van der Waals surface area contributed by atoms with E-state index in [4.69, 9.17) is 5.73 Å². The van der Waals surface area contributed by atoms with Crippen molar-refractivity contribution in [2.45, 2.75) is 38.6 Å². The number of hydrogen-bond acceptors (Lipinski definition) is 1. The van der Waals surface area contributed by atoms with Crippen LogP contribution in [0.2, 0.25) is 0 Å². The first-order valence-electron chi connectivity index (χ1n) is 5.50. The van der Waals surface area contributed by atoms with Crippen LogP contribution in [-0.2, 0) is 6.42 Å². The maximum Gasteiger partial charge on any atom is 0.00960 e. The molecule has 1 fully saturated rings. The highest BCUT2D eigenvalue weighted by Gasteiger charge is 2.42. The highest BCUT2D eigenvalue weighted by atomic mass is 14.7. The molecule has 76 valence electrons. The van der Waals surface area contributed by atoms with Crippen molar-refractivity contribution >= 4 is 0 Å². The molecule has 1 heteroatoms. The molecular formula is C13H19N. The maximum absolute atomic E-state index is 6.16. The molecule has 0 spiro atoms. The molecule has 14 heavy (non-hydrogen) atoms. The fourth-order valence-electron chi connectivity index (χ4n) is 1.88. The van der Waals surface area contributed by atoms with Crippen LogP contribution in [0.25, 0.3) is 0 Å². The SMILES string of the molecule is CC1(C(N)CCc2ccccc2)CC1. The summed E-state index contributed by atoms with van der Waals surface area (Å²) in [5, 5.41) is 0. The molecule has 0 heterocycles. The molecule has 0 radical (unpaired) electrons. The molecule has 1 aromatic carbocycles. The van der Waals surface area contributed by atoms with Crippen LogP contribution in [0.5, 0.6) is 0 Å². The van der Waals surface area contributed by atoms with Gasteiger partial charge >= 0.3 is 0 Å². The van der Waals surface area contributed by atoms with Crippen molar-refractivity contribution in [3.8, 4) is 0 Å². The Balaban J connectivity index is 1.83. The average Bonchev–Trinajstić information content (AvgIpc) is 2.96. The summed E-state index contributed by atoms with van der Waals surface area (Å²) < 4.78 is 0. The number of hydrogen-bond donors (Lipinski definition) is 1. The van der Waals surface area contributed by atoms with E-state index in [-0.39, 0.29) is 0 Å². The van der Waals surface area contributed by atoms with E-state index in [1.807, 2.05) is 0 Å². The standard InChI is InChI=1S/C13H19N/c1-13(9-10-13)12(14)8-7-11-5-3-2-4-6-11/h2-6,12H,7-10,14H2,1H3. The monoisotopic (exact) mass is 189 g/mol. The van der Waals surface area contributed by atoms with Gasteiger partial charge < -0.3 is 5.73 Å². The minimum Gasteiger partial charge on any atom is -0.327 e. The van der Waals surface area contributed by atoms with E-state index in [9.17, 15) is 0 Å². The van der Waals surface area contributed by atoms with Gasteiger partial charge in [-0.05, 0) is 36.7 Å². The van der Waals surface area contributed by atoms with Crippen LogP contribution in [0.4, 0.5) is 0 Å². The van der Waals surface area contributed by atoms with Crippen LogP contribution < -0.4 is 5.73 Å². The van der Waals surface area contributed by atoms with Crippen molar-refractivity contribution in [3.63, 3.8) is 0 Å². The van der Waals surface area contributed by atoms with Crippen LogP contribution in [0, 0.1) is 5.41 Å². The highest BCUT2D eigenvalue weighted by Crippen LogP contribution is 2.48. The van der Waals surface area contributed by atoms with Gasteiger partial charge in [0, 0.05) is 6.04 Å². The summed E-state index contributed by atoms with van der Waals surface area (Å²) in [7, 11) is 0. The van der Waals surface area contributed by atoms with Crippen LogP contribution in [0.1, 0.15) is 31.7 Å². The lowest BCUT2D eigenvalue weighted by Crippen LogP contribution is -2.29.